The van der Waals surface area contributed by atoms with Crippen molar-refractivity contribution in [1.82, 2.24) is 10.2 Å². The van der Waals surface area contributed by atoms with E-state index in [1.54, 1.807) is 0 Å². The van der Waals surface area contributed by atoms with Crippen molar-refractivity contribution < 1.29 is 0 Å². The Balaban J connectivity index is 1.79. The fourth-order valence-electron chi connectivity index (χ4n) is 3.87. The van der Waals surface area contributed by atoms with E-state index in [1.165, 1.54) is 51.5 Å². The Morgan fingerprint density at radius 2 is 1.88 bits per heavy atom. The smallest absolute Gasteiger partial charge is 0.0198 e. The van der Waals surface area contributed by atoms with Crippen LogP contribution in [0.4, 0.5) is 0 Å². The average Bonchev–Trinajstić information content (AvgIpc) is 2.94. The van der Waals surface area contributed by atoms with Gasteiger partial charge >= 0.3 is 0 Å². The molecule has 0 radical (unpaired) electrons. The monoisotopic (exact) mass is 238 g/mol. The van der Waals surface area contributed by atoms with Gasteiger partial charge in [-0.25, -0.2) is 0 Å². The van der Waals surface area contributed by atoms with Crippen LogP contribution in [-0.2, 0) is 0 Å². The molecule has 3 atom stereocenters. The lowest BCUT2D eigenvalue weighted by atomic mass is 10.1. The van der Waals surface area contributed by atoms with Gasteiger partial charge in [-0.1, -0.05) is 19.8 Å². The van der Waals surface area contributed by atoms with Crippen molar-refractivity contribution in [1.29, 1.82) is 0 Å². The van der Waals surface area contributed by atoms with Crippen LogP contribution in [0.3, 0.4) is 0 Å². The molecule has 0 aromatic carbocycles. The second-order valence-electron chi connectivity index (χ2n) is 6.17. The fraction of sp³-hybridized carbons (Fsp3) is 1.00. The van der Waals surface area contributed by atoms with E-state index in [4.69, 9.17) is 0 Å². The molecule has 1 aliphatic carbocycles. The van der Waals surface area contributed by atoms with Gasteiger partial charge in [0.15, 0.2) is 0 Å². The highest BCUT2D eigenvalue weighted by molar-refractivity contribution is 4.89. The number of hydrogen-bond donors (Lipinski definition) is 1. The molecule has 1 N–H and O–H groups in total. The first kappa shape index (κ1) is 13.4. The van der Waals surface area contributed by atoms with Crippen LogP contribution in [0.25, 0.3) is 0 Å². The maximum atomic E-state index is 3.78. The van der Waals surface area contributed by atoms with Gasteiger partial charge in [-0.2, -0.15) is 0 Å². The van der Waals surface area contributed by atoms with Crippen LogP contribution in [0.15, 0.2) is 0 Å². The minimum absolute atomic E-state index is 0.707. The third kappa shape index (κ3) is 3.23. The second-order valence-corrected chi connectivity index (χ2v) is 6.17. The quantitative estimate of drug-likeness (QED) is 0.791. The Labute approximate surface area is 107 Å². The van der Waals surface area contributed by atoms with E-state index < -0.39 is 0 Å². The lowest BCUT2D eigenvalue weighted by Crippen LogP contribution is -2.47. The zero-order valence-corrected chi connectivity index (χ0v) is 11.9. The molecule has 1 saturated carbocycles. The molecule has 1 heterocycles. The molecule has 2 fully saturated rings. The number of rotatable bonds is 5. The third-order valence-electron chi connectivity index (χ3n) is 4.89. The summed E-state index contributed by atoms with van der Waals surface area (Å²) < 4.78 is 0. The molecule has 0 bridgehead atoms. The third-order valence-corrected chi connectivity index (χ3v) is 4.89. The highest BCUT2D eigenvalue weighted by atomic mass is 15.2. The maximum absolute atomic E-state index is 3.78. The van der Waals surface area contributed by atoms with Crippen LogP contribution in [0.5, 0.6) is 0 Å². The van der Waals surface area contributed by atoms with Crippen molar-refractivity contribution in [2.45, 2.75) is 89.9 Å². The molecule has 2 heteroatoms. The van der Waals surface area contributed by atoms with Crippen molar-refractivity contribution in [3.63, 3.8) is 0 Å². The molecule has 1 aliphatic heterocycles. The number of nitrogens with zero attached hydrogens (tertiary/aromatic N) is 1. The summed E-state index contributed by atoms with van der Waals surface area (Å²) in [6, 6.07) is 3.15. The van der Waals surface area contributed by atoms with E-state index in [-0.39, 0.29) is 0 Å². The van der Waals surface area contributed by atoms with Crippen LogP contribution in [0, 0.1) is 0 Å². The van der Waals surface area contributed by atoms with Crippen LogP contribution < -0.4 is 5.32 Å². The number of hydrogen-bond acceptors (Lipinski definition) is 2. The van der Waals surface area contributed by atoms with Crippen molar-refractivity contribution in [2.75, 3.05) is 6.54 Å². The summed E-state index contributed by atoms with van der Waals surface area (Å²) in [6.45, 7) is 8.34. The molecule has 100 valence electrons. The highest BCUT2D eigenvalue weighted by Crippen LogP contribution is 2.28. The molecule has 2 rings (SSSR count). The number of nitrogens with one attached hydrogen (secondary N) is 1. The Bertz CT molecular complexity index is 223. The molecular weight excluding hydrogens is 208 g/mol. The summed E-state index contributed by atoms with van der Waals surface area (Å²) in [7, 11) is 0. The molecule has 2 aliphatic rings. The Kier molecular flexibility index (Phi) is 4.87. The zero-order chi connectivity index (χ0) is 12.3. The van der Waals surface area contributed by atoms with Gasteiger partial charge in [0.1, 0.15) is 0 Å². The van der Waals surface area contributed by atoms with Crippen molar-refractivity contribution in [3.8, 4) is 0 Å². The van der Waals surface area contributed by atoms with Gasteiger partial charge in [0, 0.05) is 30.7 Å². The van der Waals surface area contributed by atoms with Gasteiger partial charge in [-0.15, -0.1) is 0 Å². The van der Waals surface area contributed by atoms with Crippen LogP contribution in [0.1, 0.15) is 65.7 Å². The molecular formula is C15H30N2. The van der Waals surface area contributed by atoms with E-state index >= 15 is 0 Å². The minimum atomic E-state index is 0.707. The van der Waals surface area contributed by atoms with Crippen molar-refractivity contribution in [3.05, 3.63) is 0 Å². The molecule has 2 nitrogen and oxygen atoms in total. The summed E-state index contributed by atoms with van der Waals surface area (Å²) in [5.74, 6) is 0. The van der Waals surface area contributed by atoms with Gasteiger partial charge in [-0.05, 0) is 46.0 Å². The summed E-state index contributed by atoms with van der Waals surface area (Å²) in [4.78, 5) is 2.77. The normalized spacial score (nSPS) is 33.4. The van der Waals surface area contributed by atoms with Crippen molar-refractivity contribution in [2.24, 2.45) is 0 Å². The average molecular weight is 238 g/mol. The molecule has 0 spiro atoms. The Morgan fingerprint density at radius 1 is 1.18 bits per heavy atom. The Hall–Kier alpha value is -0.0800. The van der Waals surface area contributed by atoms with Crippen LogP contribution >= 0.6 is 0 Å². The molecule has 17 heavy (non-hydrogen) atoms. The van der Waals surface area contributed by atoms with E-state index in [0.29, 0.717) is 6.04 Å². The van der Waals surface area contributed by atoms with Gasteiger partial charge < -0.3 is 5.32 Å². The predicted octanol–water partition coefficient (Wildman–Crippen LogP) is 3.17. The van der Waals surface area contributed by atoms with E-state index in [1.807, 2.05) is 0 Å². The van der Waals surface area contributed by atoms with Gasteiger partial charge in [-0.3, -0.25) is 4.90 Å². The lowest BCUT2D eigenvalue weighted by molar-refractivity contribution is 0.138. The topological polar surface area (TPSA) is 15.3 Å². The molecule has 0 aromatic rings. The first-order valence-electron chi connectivity index (χ1n) is 7.73. The maximum Gasteiger partial charge on any atom is 0.0198 e. The van der Waals surface area contributed by atoms with Crippen LogP contribution in [-0.4, -0.2) is 35.6 Å². The minimum Gasteiger partial charge on any atom is -0.312 e. The molecule has 0 aromatic heterocycles. The largest absolute Gasteiger partial charge is 0.312 e. The van der Waals surface area contributed by atoms with Gasteiger partial charge in [0.2, 0.25) is 0 Å². The summed E-state index contributed by atoms with van der Waals surface area (Å²) >= 11 is 0. The summed E-state index contributed by atoms with van der Waals surface area (Å²) in [5.41, 5.74) is 0. The summed E-state index contributed by atoms with van der Waals surface area (Å²) in [6.07, 6.45) is 9.79. The Morgan fingerprint density at radius 3 is 2.53 bits per heavy atom. The van der Waals surface area contributed by atoms with Crippen molar-refractivity contribution >= 4 is 0 Å². The standard InChI is InChI=1S/C15H30N2/c1-4-15-10-9-12(2)17(15)13(3)11-16-14-7-5-6-8-14/h12-16H,4-11H2,1-3H3. The SMILES string of the molecule is CCC1CCC(C)N1C(C)CNC1CCCC1. The molecule has 1 saturated heterocycles. The van der Waals surface area contributed by atoms with Crippen LogP contribution in [0.2, 0.25) is 0 Å². The van der Waals surface area contributed by atoms with Gasteiger partial charge in [0.25, 0.3) is 0 Å². The first-order chi connectivity index (χ1) is 8.22. The van der Waals surface area contributed by atoms with Gasteiger partial charge in [0.05, 0.1) is 0 Å². The first-order valence-corrected chi connectivity index (χ1v) is 7.73. The summed E-state index contributed by atoms with van der Waals surface area (Å²) in [5, 5.41) is 3.78. The van der Waals surface area contributed by atoms with E-state index in [2.05, 4.69) is 31.0 Å². The molecule has 0 amide bonds. The predicted molar refractivity (Wildman–Crippen MR) is 74.3 cm³/mol. The van der Waals surface area contributed by atoms with E-state index in [0.717, 1.165) is 18.1 Å². The molecule has 3 unspecified atom stereocenters. The number of likely N-dealkylation sites (tertiary alicyclic amines) is 1. The second kappa shape index (κ2) is 6.19. The zero-order valence-electron chi connectivity index (χ0n) is 11.9. The van der Waals surface area contributed by atoms with E-state index in [9.17, 15) is 0 Å². The highest BCUT2D eigenvalue weighted by Gasteiger charge is 2.32. The lowest BCUT2D eigenvalue weighted by Gasteiger charge is -2.34. The fourth-order valence-corrected chi connectivity index (χ4v) is 3.87.